The van der Waals surface area contributed by atoms with Crippen molar-refractivity contribution in [2.45, 2.75) is 13.5 Å². The largest absolute Gasteiger partial charge is 0.311 e. The summed E-state index contributed by atoms with van der Waals surface area (Å²) in [5.74, 6) is -0.897. The predicted octanol–water partition coefficient (Wildman–Crippen LogP) is 1.42. The molecule has 2 aromatic rings. The number of aromatic nitrogens is 3. The Hall–Kier alpha value is -2.35. The minimum Gasteiger partial charge on any atom is -0.311 e. The van der Waals surface area contributed by atoms with Gasteiger partial charge in [0.1, 0.15) is 0 Å². The third-order valence-corrected chi connectivity index (χ3v) is 2.49. The third-order valence-electron chi connectivity index (χ3n) is 2.49. The van der Waals surface area contributed by atoms with E-state index in [1.54, 1.807) is 6.20 Å². The van der Waals surface area contributed by atoms with Crippen molar-refractivity contribution in [1.82, 2.24) is 20.3 Å². The highest BCUT2D eigenvalue weighted by Gasteiger charge is 2.14. The molecule has 0 aliphatic rings. The number of nitro groups is 1. The summed E-state index contributed by atoms with van der Waals surface area (Å²) in [6.45, 7) is 3.33. The van der Waals surface area contributed by atoms with Crippen molar-refractivity contribution in [3.05, 3.63) is 46.0 Å². The summed E-state index contributed by atoms with van der Waals surface area (Å²) in [5.41, 5.74) is 0.538. The maximum absolute atomic E-state index is 13.5. The number of benzene rings is 1. The first kappa shape index (κ1) is 13.1. The molecule has 1 heterocycles. The Morgan fingerprint density at radius 2 is 2.32 bits per heavy atom. The van der Waals surface area contributed by atoms with Crippen molar-refractivity contribution in [2.24, 2.45) is 0 Å². The highest BCUT2D eigenvalue weighted by Crippen LogP contribution is 2.19. The molecule has 1 aromatic carbocycles. The van der Waals surface area contributed by atoms with Crippen molar-refractivity contribution in [2.75, 3.05) is 6.54 Å². The van der Waals surface area contributed by atoms with Gasteiger partial charge < -0.3 is 5.32 Å². The van der Waals surface area contributed by atoms with Crippen LogP contribution in [-0.2, 0) is 6.54 Å². The van der Waals surface area contributed by atoms with Crippen molar-refractivity contribution in [3.63, 3.8) is 0 Å². The van der Waals surface area contributed by atoms with E-state index >= 15 is 0 Å². The van der Waals surface area contributed by atoms with Crippen LogP contribution in [0, 0.1) is 15.9 Å². The maximum Gasteiger partial charge on any atom is 0.304 e. The maximum atomic E-state index is 13.5. The molecule has 0 fully saturated rings. The van der Waals surface area contributed by atoms with Gasteiger partial charge in [0, 0.05) is 18.7 Å². The summed E-state index contributed by atoms with van der Waals surface area (Å²) >= 11 is 0. The summed E-state index contributed by atoms with van der Waals surface area (Å²) in [4.78, 5) is 9.75. The fraction of sp³-hybridized carbons (Fsp3) is 0.273. The monoisotopic (exact) mass is 265 g/mol. The van der Waals surface area contributed by atoms with Crippen LogP contribution in [0.5, 0.6) is 0 Å². The van der Waals surface area contributed by atoms with Crippen LogP contribution in [-0.4, -0.2) is 26.5 Å². The van der Waals surface area contributed by atoms with Gasteiger partial charge in [-0.1, -0.05) is 12.1 Å². The molecular weight excluding hydrogens is 253 g/mol. The van der Waals surface area contributed by atoms with Crippen LogP contribution >= 0.6 is 0 Å². The fourth-order valence-corrected chi connectivity index (χ4v) is 1.55. The molecular formula is C11H12FN5O2. The zero-order valence-electron chi connectivity index (χ0n) is 10.2. The lowest BCUT2D eigenvalue weighted by Crippen LogP contribution is -2.11. The van der Waals surface area contributed by atoms with Gasteiger partial charge in [-0.3, -0.25) is 10.1 Å². The molecule has 2 rings (SSSR count). The number of nitrogens with one attached hydrogen (secondary N) is 1. The Morgan fingerprint density at radius 3 is 2.95 bits per heavy atom. The lowest BCUT2D eigenvalue weighted by molar-refractivity contribution is -0.387. The van der Waals surface area contributed by atoms with E-state index in [9.17, 15) is 14.5 Å². The van der Waals surface area contributed by atoms with Crippen LogP contribution in [0.2, 0.25) is 0 Å². The zero-order valence-corrected chi connectivity index (χ0v) is 10.2. The molecule has 0 amide bonds. The fourth-order valence-electron chi connectivity index (χ4n) is 1.55. The molecule has 7 nitrogen and oxygen atoms in total. The third kappa shape index (κ3) is 2.91. The Labute approximate surface area is 108 Å². The molecule has 0 aliphatic carbocycles. The Balaban J connectivity index is 2.24. The van der Waals surface area contributed by atoms with Crippen LogP contribution in [0.4, 0.5) is 10.1 Å². The average Bonchev–Trinajstić information content (AvgIpc) is 2.84. The van der Waals surface area contributed by atoms with Crippen LogP contribution in [0.1, 0.15) is 12.6 Å². The standard InChI is InChI=1S/C11H12FN5O2/c1-2-13-6-8-7-16(15-14-8)9-3-4-11(17(18)19)10(12)5-9/h3-5,7,13H,2,6H2,1H3. The second-order valence-corrected chi connectivity index (χ2v) is 3.83. The second-order valence-electron chi connectivity index (χ2n) is 3.83. The van der Waals surface area contributed by atoms with Gasteiger partial charge in [0.05, 0.1) is 22.5 Å². The molecule has 0 unspecified atom stereocenters. The van der Waals surface area contributed by atoms with Gasteiger partial charge in [-0.25, -0.2) is 4.68 Å². The molecule has 19 heavy (non-hydrogen) atoms. The van der Waals surface area contributed by atoms with Crippen LogP contribution in [0.3, 0.4) is 0 Å². The van der Waals surface area contributed by atoms with Gasteiger partial charge in [-0.05, 0) is 12.6 Å². The van der Waals surface area contributed by atoms with Crippen molar-refractivity contribution < 1.29 is 9.31 Å². The van der Waals surface area contributed by atoms with Crippen molar-refractivity contribution >= 4 is 5.69 Å². The van der Waals surface area contributed by atoms with E-state index in [-0.39, 0.29) is 0 Å². The molecule has 0 saturated carbocycles. The predicted molar refractivity (Wildman–Crippen MR) is 65.4 cm³/mol. The number of halogens is 1. The minimum atomic E-state index is -0.897. The molecule has 0 bridgehead atoms. The quantitative estimate of drug-likeness (QED) is 0.652. The lowest BCUT2D eigenvalue weighted by Gasteiger charge is -2.00. The number of nitrogens with zero attached hydrogens (tertiary/aromatic N) is 4. The average molecular weight is 265 g/mol. The van der Waals surface area contributed by atoms with E-state index in [1.807, 2.05) is 6.92 Å². The van der Waals surface area contributed by atoms with E-state index in [2.05, 4.69) is 15.6 Å². The van der Waals surface area contributed by atoms with Gasteiger partial charge in [-0.15, -0.1) is 5.10 Å². The molecule has 0 atom stereocenters. The first-order valence-electron chi connectivity index (χ1n) is 5.68. The van der Waals surface area contributed by atoms with Crippen LogP contribution in [0.25, 0.3) is 5.69 Å². The molecule has 1 N–H and O–H groups in total. The van der Waals surface area contributed by atoms with Crippen molar-refractivity contribution in [3.8, 4) is 5.69 Å². The highest BCUT2D eigenvalue weighted by molar-refractivity contribution is 5.41. The topological polar surface area (TPSA) is 85.9 Å². The van der Waals surface area contributed by atoms with E-state index in [0.717, 1.165) is 18.7 Å². The first-order chi connectivity index (χ1) is 9.11. The Kier molecular flexibility index (Phi) is 3.81. The van der Waals surface area contributed by atoms with E-state index in [4.69, 9.17) is 0 Å². The lowest BCUT2D eigenvalue weighted by atomic mass is 10.2. The van der Waals surface area contributed by atoms with Gasteiger partial charge in [0.15, 0.2) is 0 Å². The van der Waals surface area contributed by atoms with E-state index in [1.165, 1.54) is 10.7 Å². The summed E-state index contributed by atoms with van der Waals surface area (Å²) in [6, 6.07) is 3.59. The molecule has 0 aliphatic heterocycles. The van der Waals surface area contributed by atoms with Gasteiger partial charge in [0.2, 0.25) is 5.82 Å². The number of rotatable bonds is 5. The normalized spacial score (nSPS) is 10.6. The van der Waals surface area contributed by atoms with Crippen LogP contribution in [0.15, 0.2) is 24.4 Å². The highest BCUT2D eigenvalue weighted by atomic mass is 19.1. The Morgan fingerprint density at radius 1 is 1.53 bits per heavy atom. The van der Waals surface area contributed by atoms with E-state index in [0.29, 0.717) is 17.9 Å². The molecule has 0 radical (unpaired) electrons. The van der Waals surface area contributed by atoms with Crippen LogP contribution < -0.4 is 5.32 Å². The minimum absolute atomic E-state index is 0.387. The van der Waals surface area contributed by atoms with Gasteiger partial charge in [0.25, 0.3) is 0 Å². The Bertz CT molecular complexity index is 599. The molecule has 1 aromatic heterocycles. The molecule has 8 heteroatoms. The number of hydrogen-bond acceptors (Lipinski definition) is 5. The second kappa shape index (κ2) is 5.53. The molecule has 0 spiro atoms. The van der Waals surface area contributed by atoms with E-state index < -0.39 is 16.4 Å². The first-order valence-corrected chi connectivity index (χ1v) is 5.68. The summed E-state index contributed by atoms with van der Waals surface area (Å²) in [6.07, 6.45) is 1.64. The molecule has 0 saturated heterocycles. The number of hydrogen-bond donors (Lipinski definition) is 1. The number of nitro benzene ring substituents is 1. The zero-order chi connectivity index (χ0) is 13.8. The smallest absolute Gasteiger partial charge is 0.304 e. The summed E-state index contributed by atoms with van der Waals surface area (Å²) in [5, 5.41) is 21.4. The summed E-state index contributed by atoms with van der Waals surface area (Å²) < 4.78 is 14.9. The van der Waals surface area contributed by atoms with Crippen molar-refractivity contribution in [1.29, 1.82) is 0 Å². The van der Waals surface area contributed by atoms with Gasteiger partial charge in [-0.2, -0.15) is 4.39 Å². The van der Waals surface area contributed by atoms with Gasteiger partial charge >= 0.3 is 5.69 Å². The SMILES string of the molecule is CCNCc1cn(-c2ccc([N+](=O)[O-])c(F)c2)nn1. The summed E-state index contributed by atoms with van der Waals surface area (Å²) in [7, 11) is 0. The molecule has 100 valence electrons.